The number of hydrogen-bond donors (Lipinski definition) is 0. The number of hydrogen-bond acceptors (Lipinski definition) is 1. The van der Waals surface area contributed by atoms with Crippen molar-refractivity contribution in [3.63, 3.8) is 0 Å². The van der Waals surface area contributed by atoms with Gasteiger partial charge >= 0.3 is 0 Å². The second-order valence-corrected chi connectivity index (χ2v) is 5.69. The molecule has 0 N–H and O–H groups in total. The summed E-state index contributed by atoms with van der Waals surface area (Å²) in [6.07, 6.45) is 1.88. The van der Waals surface area contributed by atoms with Crippen LogP contribution in [0.3, 0.4) is 0 Å². The van der Waals surface area contributed by atoms with Crippen LogP contribution in [-0.2, 0) is 0 Å². The standard InChI is InChI=1S/C21H13N/c1-2-6-18-14(4-1)7-8-15-9-10-16-11-12-17-5-3-13-22-21(17)20(16)19(15)18/h1-13H. The smallest absolute Gasteiger partial charge is 0.0786 e. The Labute approximate surface area is 127 Å². The van der Waals surface area contributed by atoms with Gasteiger partial charge in [0.2, 0.25) is 0 Å². The highest BCUT2D eigenvalue weighted by atomic mass is 14.6. The summed E-state index contributed by atoms with van der Waals surface area (Å²) in [4.78, 5) is 4.67. The Balaban J connectivity index is 2.19. The van der Waals surface area contributed by atoms with Gasteiger partial charge in [0.15, 0.2) is 0 Å². The second kappa shape index (κ2) is 4.28. The van der Waals surface area contributed by atoms with Crippen LogP contribution >= 0.6 is 0 Å². The van der Waals surface area contributed by atoms with Crippen molar-refractivity contribution in [2.75, 3.05) is 0 Å². The molecule has 0 amide bonds. The molecule has 0 saturated carbocycles. The molecule has 0 saturated heterocycles. The summed E-state index contributed by atoms with van der Waals surface area (Å²) in [5, 5.41) is 8.83. The fourth-order valence-electron chi connectivity index (χ4n) is 3.45. The molecule has 22 heavy (non-hydrogen) atoms. The first kappa shape index (κ1) is 11.7. The third-order valence-electron chi connectivity index (χ3n) is 4.46. The van der Waals surface area contributed by atoms with Crippen molar-refractivity contribution in [3.05, 3.63) is 79.0 Å². The fraction of sp³-hybridized carbons (Fsp3) is 0. The molecule has 1 aromatic heterocycles. The predicted octanol–water partition coefficient (Wildman–Crippen LogP) is 5.69. The fourth-order valence-corrected chi connectivity index (χ4v) is 3.45. The van der Waals surface area contributed by atoms with E-state index in [2.05, 4.69) is 71.7 Å². The topological polar surface area (TPSA) is 12.9 Å². The van der Waals surface area contributed by atoms with Crippen LogP contribution in [0.15, 0.2) is 79.0 Å². The van der Waals surface area contributed by atoms with Crippen LogP contribution in [0, 0.1) is 0 Å². The van der Waals surface area contributed by atoms with E-state index in [0.29, 0.717) is 0 Å². The molecule has 0 fully saturated rings. The summed E-state index contributed by atoms with van der Waals surface area (Å²) < 4.78 is 0. The maximum absolute atomic E-state index is 4.67. The quantitative estimate of drug-likeness (QED) is 0.332. The van der Waals surface area contributed by atoms with E-state index in [9.17, 15) is 0 Å². The zero-order valence-corrected chi connectivity index (χ0v) is 12.0. The Morgan fingerprint density at radius 3 is 2.00 bits per heavy atom. The van der Waals surface area contributed by atoms with E-state index in [-0.39, 0.29) is 0 Å². The minimum Gasteiger partial charge on any atom is -0.256 e. The molecular weight excluding hydrogens is 266 g/mol. The van der Waals surface area contributed by atoms with Gasteiger partial charge in [-0.15, -0.1) is 0 Å². The normalized spacial score (nSPS) is 11.6. The Morgan fingerprint density at radius 1 is 0.500 bits per heavy atom. The largest absolute Gasteiger partial charge is 0.256 e. The van der Waals surface area contributed by atoms with E-state index >= 15 is 0 Å². The molecule has 0 unspecified atom stereocenters. The van der Waals surface area contributed by atoms with Crippen LogP contribution in [0.25, 0.3) is 43.2 Å². The lowest BCUT2D eigenvalue weighted by atomic mass is 9.95. The van der Waals surface area contributed by atoms with Crippen molar-refractivity contribution in [3.8, 4) is 0 Å². The van der Waals surface area contributed by atoms with Crippen molar-refractivity contribution < 1.29 is 0 Å². The Hall–Kier alpha value is -2.93. The lowest BCUT2D eigenvalue weighted by Crippen LogP contribution is -1.85. The van der Waals surface area contributed by atoms with E-state index in [0.717, 1.165) is 5.52 Å². The molecule has 0 atom stereocenters. The summed E-state index contributed by atoms with van der Waals surface area (Å²) >= 11 is 0. The summed E-state index contributed by atoms with van der Waals surface area (Å²) in [5.74, 6) is 0. The van der Waals surface area contributed by atoms with Crippen molar-refractivity contribution in [1.82, 2.24) is 4.98 Å². The molecule has 0 aliphatic carbocycles. The second-order valence-electron chi connectivity index (χ2n) is 5.69. The highest BCUT2D eigenvalue weighted by Crippen LogP contribution is 2.35. The SMILES string of the molecule is c1ccc2c(c1)ccc1ccc3ccc4cccnc4c3c12. The van der Waals surface area contributed by atoms with Gasteiger partial charge in [-0.1, -0.05) is 66.7 Å². The molecule has 0 radical (unpaired) electrons. The first-order valence-electron chi connectivity index (χ1n) is 7.50. The van der Waals surface area contributed by atoms with Crippen LogP contribution in [0.4, 0.5) is 0 Å². The van der Waals surface area contributed by atoms with E-state index in [4.69, 9.17) is 0 Å². The van der Waals surface area contributed by atoms with Gasteiger partial charge in [-0.05, 0) is 33.0 Å². The number of benzene rings is 4. The first-order valence-corrected chi connectivity index (χ1v) is 7.50. The third kappa shape index (κ3) is 1.51. The van der Waals surface area contributed by atoms with Crippen LogP contribution in [-0.4, -0.2) is 4.98 Å². The van der Waals surface area contributed by atoms with Gasteiger partial charge < -0.3 is 0 Å². The molecule has 5 aromatic rings. The molecule has 4 aromatic carbocycles. The minimum absolute atomic E-state index is 1.09. The van der Waals surface area contributed by atoms with Gasteiger partial charge in [0.1, 0.15) is 0 Å². The Kier molecular flexibility index (Phi) is 2.28. The Bertz CT molecular complexity index is 1070. The lowest BCUT2D eigenvalue weighted by molar-refractivity contribution is 1.43. The average Bonchev–Trinajstić information content (AvgIpc) is 2.60. The maximum atomic E-state index is 4.67. The van der Waals surface area contributed by atoms with Crippen LogP contribution in [0.1, 0.15) is 0 Å². The predicted molar refractivity (Wildman–Crippen MR) is 94.3 cm³/mol. The minimum atomic E-state index is 1.09. The van der Waals surface area contributed by atoms with E-state index in [1.807, 2.05) is 12.3 Å². The van der Waals surface area contributed by atoms with Crippen molar-refractivity contribution >= 4 is 43.2 Å². The Morgan fingerprint density at radius 2 is 1.14 bits per heavy atom. The van der Waals surface area contributed by atoms with Crippen LogP contribution < -0.4 is 0 Å². The van der Waals surface area contributed by atoms with Gasteiger partial charge in [0.25, 0.3) is 0 Å². The van der Waals surface area contributed by atoms with Gasteiger partial charge in [-0.2, -0.15) is 0 Å². The monoisotopic (exact) mass is 279 g/mol. The molecule has 0 aliphatic rings. The molecule has 1 nitrogen and oxygen atoms in total. The van der Waals surface area contributed by atoms with Gasteiger partial charge in [-0.3, -0.25) is 4.98 Å². The highest BCUT2D eigenvalue weighted by Gasteiger charge is 2.08. The molecule has 0 spiro atoms. The van der Waals surface area contributed by atoms with Crippen LogP contribution in [0.5, 0.6) is 0 Å². The molecule has 1 heterocycles. The van der Waals surface area contributed by atoms with Crippen molar-refractivity contribution in [2.24, 2.45) is 0 Å². The van der Waals surface area contributed by atoms with Crippen molar-refractivity contribution in [2.45, 2.75) is 0 Å². The lowest BCUT2D eigenvalue weighted by Gasteiger charge is -2.10. The van der Waals surface area contributed by atoms with Crippen molar-refractivity contribution in [1.29, 1.82) is 0 Å². The van der Waals surface area contributed by atoms with Crippen LogP contribution in [0.2, 0.25) is 0 Å². The molecule has 5 rings (SSSR count). The first-order chi connectivity index (χ1) is 10.9. The molecule has 0 bridgehead atoms. The number of aromatic nitrogens is 1. The summed E-state index contributed by atoms with van der Waals surface area (Å²) in [7, 11) is 0. The number of rotatable bonds is 0. The van der Waals surface area contributed by atoms with E-state index < -0.39 is 0 Å². The van der Waals surface area contributed by atoms with E-state index in [1.165, 1.54) is 37.7 Å². The number of fused-ring (bicyclic) bond motifs is 7. The summed E-state index contributed by atoms with van der Waals surface area (Å²) in [6.45, 7) is 0. The number of pyridine rings is 1. The molecule has 102 valence electrons. The van der Waals surface area contributed by atoms with Gasteiger partial charge in [-0.25, -0.2) is 0 Å². The van der Waals surface area contributed by atoms with Gasteiger partial charge in [0.05, 0.1) is 5.52 Å². The van der Waals surface area contributed by atoms with Gasteiger partial charge in [0, 0.05) is 17.0 Å². The number of nitrogens with zero attached hydrogens (tertiary/aromatic N) is 1. The molecule has 0 aliphatic heterocycles. The zero-order valence-electron chi connectivity index (χ0n) is 12.0. The maximum Gasteiger partial charge on any atom is 0.0786 e. The van der Waals surface area contributed by atoms with E-state index in [1.54, 1.807) is 0 Å². The summed E-state index contributed by atoms with van der Waals surface area (Å²) in [5.41, 5.74) is 1.09. The summed E-state index contributed by atoms with van der Waals surface area (Å²) in [6, 6.07) is 25.9. The zero-order chi connectivity index (χ0) is 14.5. The highest BCUT2D eigenvalue weighted by molar-refractivity contribution is 6.26. The average molecular weight is 279 g/mol. The molecular formula is C21H13N. The third-order valence-corrected chi connectivity index (χ3v) is 4.46. The molecule has 1 heteroatoms.